The van der Waals surface area contributed by atoms with Crippen LogP contribution >= 0.6 is 0 Å². The molecule has 2 aromatic rings. The van der Waals surface area contributed by atoms with Gasteiger partial charge in [-0.25, -0.2) is 4.98 Å². The molecule has 3 heterocycles. The van der Waals surface area contributed by atoms with Crippen LogP contribution in [0.25, 0.3) is 5.65 Å². The minimum absolute atomic E-state index is 0.0320. The summed E-state index contributed by atoms with van der Waals surface area (Å²) >= 11 is 0. The first kappa shape index (κ1) is 16.7. The van der Waals surface area contributed by atoms with Crippen molar-refractivity contribution in [3.63, 3.8) is 0 Å². The van der Waals surface area contributed by atoms with E-state index in [-0.39, 0.29) is 12.5 Å². The van der Waals surface area contributed by atoms with Crippen LogP contribution in [0.3, 0.4) is 0 Å². The number of unbranched alkanes of at least 4 members (excludes halogenated alkanes) is 1. The predicted octanol–water partition coefficient (Wildman–Crippen LogP) is 3.21. The van der Waals surface area contributed by atoms with Crippen LogP contribution in [0.1, 0.15) is 56.8 Å². The summed E-state index contributed by atoms with van der Waals surface area (Å²) in [4.78, 5) is 18.1. The average Bonchev–Trinajstić information content (AvgIpc) is 2.95. The summed E-state index contributed by atoms with van der Waals surface area (Å²) in [6.45, 7) is 5.03. The van der Waals surface area contributed by atoms with Gasteiger partial charge in [0.15, 0.2) is 5.65 Å². The quantitative estimate of drug-likeness (QED) is 0.880. The van der Waals surface area contributed by atoms with Crippen LogP contribution in [-0.4, -0.2) is 38.3 Å². The van der Waals surface area contributed by atoms with Gasteiger partial charge < -0.3 is 10.0 Å². The van der Waals surface area contributed by atoms with Crippen molar-refractivity contribution in [2.75, 3.05) is 11.4 Å². The molecule has 6 nitrogen and oxygen atoms in total. The molecule has 1 aliphatic rings. The van der Waals surface area contributed by atoms with E-state index < -0.39 is 5.97 Å². The Hall–Kier alpha value is -2.11. The average molecular weight is 330 g/mol. The van der Waals surface area contributed by atoms with Crippen molar-refractivity contribution < 1.29 is 9.90 Å². The molecule has 1 N–H and O–H groups in total. The lowest BCUT2D eigenvalue weighted by atomic mass is 9.99. The maximum Gasteiger partial charge on any atom is 0.305 e. The Morgan fingerprint density at radius 2 is 2.21 bits per heavy atom. The Morgan fingerprint density at radius 3 is 2.96 bits per heavy atom. The van der Waals surface area contributed by atoms with Gasteiger partial charge in [0, 0.05) is 30.4 Å². The summed E-state index contributed by atoms with van der Waals surface area (Å²) in [5.74, 6) is 0.240. The van der Waals surface area contributed by atoms with Gasteiger partial charge in [0.2, 0.25) is 0 Å². The minimum atomic E-state index is -0.738. The number of rotatable bonds is 6. The summed E-state index contributed by atoms with van der Waals surface area (Å²) < 4.78 is 1.90. The van der Waals surface area contributed by atoms with E-state index in [1.807, 2.05) is 17.5 Å². The van der Waals surface area contributed by atoms with Crippen LogP contribution in [0.2, 0.25) is 0 Å². The molecule has 0 radical (unpaired) electrons. The number of piperidine rings is 1. The third-order valence-electron chi connectivity index (χ3n) is 4.71. The number of anilines is 1. The molecule has 0 amide bonds. The minimum Gasteiger partial charge on any atom is -0.481 e. The van der Waals surface area contributed by atoms with Crippen LogP contribution in [0, 0.1) is 6.92 Å². The van der Waals surface area contributed by atoms with Gasteiger partial charge in [0.25, 0.3) is 0 Å². The smallest absolute Gasteiger partial charge is 0.305 e. The molecule has 0 bridgehead atoms. The fourth-order valence-electron chi connectivity index (χ4n) is 3.53. The number of carbonyl (C=O) groups is 1. The molecule has 24 heavy (non-hydrogen) atoms. The molecule has 0 spiro atoms. The van der Waals surface area contributed by atoms with Gasteiger partial charge in [0.1, 0.15) is 5.82 Å². The second-order valence-corrected chi connectivity index (χ2v) is 6.71. The number of fused-ring (bicyclic) bond motifs is 1. The Labute approximate surface area is 142 Å². The lowest BCUT2D eigenvalue weighted by molar-refractivity contribution is -0.137. The number of hydrogen-bond acceptors (Lipinski definition) is 4. The van der Waals surface area contributed by atoms with Gasteiger partial charge in [-0.15, -0.1) is 0 Å². The van der Waals surface area contributed by atoms with E-state index in [1.165, 1.54) is 0 Å². The third-order valence-corrected chi connectivity index (χ3v) is 4.71. The molecule has 1 fully saturated rings. The molecule has 1 saturated heterocycles. The van der Waals surface area contributed by atoms with Crippen LogP contribution in [0.15, 0.2) is 12.1 Å². The molecule has 0 aromatic carbocycles. The Bertz CT molecular complexity index is 725. The number of aryl methyl sites for hydroxylation is 2. The Balaban J connectivity index is 1.99. The van der Waals surface area contributed by atoms with E-state index in [0.29, 0.717) is 0 Å². The monoisotopic (exact) mass is 330 g/mol. The molecule has 1 aliphatic heterocycles. The predicted molar refractivity (Wildman–Crippen MR) is 93.6 cm³/mol. The SMILES string of the molecule is CCCCc1cc2nc(C)cc(N3CCCC[C@@H]3CC(=O)O)n2n1. The van der Waals surface area contributed by atoms with Crippen LogP contribution in [0.5, 0.6) is 0 Å². The summed E-state index contributed by atoms with van der Waals surface area (Å²) in [6.07, 6.45) is 6.47. The van der Waals surface area contributed by atoms with Gasteiger partial charge in [-0.2, -0.15) is 9.61 Å². The van der Waals surface area contributed by atoms with Crippen molar-refractivity contribution >= 4 is 17.4 Å². The number of carboxylic acid groups (broad SMARTS) is 1. The highest BCUT2D eigenvalue weighted by molar-refractivity contribution is 5.68. The summed E-state index contributed by atoms with van der Waals surface area (Å²) in [5.41, 5.74) is 2.86. The van der Waals surface area contributed by atoms with Gasteiger partial charge in [0.05, 0.1) is 12.1 Å². The lowest BCUT2D eigenvalue weighted by Gasteiger charge is -2.36. The summed E-state index contributed by atoms with van der Waals surface area (Å²) in [7, 11) is 0. The van der Waals surface area contributed by atoms with Crippen LogP contribution < -0.4 is 4.90 Å². The molecule has 0 aliphatic carbocycles. The Kier molecular flexibility index (Phi) is 5.02. The molecule has 1 atom stereocenters. The second kappa shape index (κ2) is 7.20. The van der Waals surface area contributed by atoms with Gasteiger partial charge in [-0.3, -0.25) is 4.79 Å². The number of carboxylic acids is 1. The zero-order valence-electron chi connectivity index (χ0n) is 14.5. The van der Waals surface area contributed by atoms with Gasteiger partial charge in [-0.05, 0) is 39.0 Å². The van der Waals surface area contributed by atoms with Crippen molar-refractivity contribution in [1.29, 1.82) is 0 Å². The fraction of sp³-hybridized carbons (Fsp3) is 0.611. The lowest BCUT2D eigenvalue weighted by Crippen LogP contribution is -2.42. The second-order valence-electron chi connectivity index (χ2n) is 6.71. The van der Waals surface area contributed by atoms with Crippen molar-refractivity contribution in [3.05, 3.63) is 23.5 Å². The molecule has 0 unspecified atom stereocenters. The molecule has 2 aromatic heterocycles. The maximum absolute atomic E-state index is 11.2. The fourth-order valence-corrected chi connectivity index (χ4v) is 3.53. The number of aromatic nitrogens is 3. The van der Waals surface area contributed by atoms with E-state index >= 15 is 0 Å². The van der Waals surface area contributed by atoms with Crippen LogP contribution in [0.4, 0.5) is 5.82 Å². The van der Waals surface area contributed by atoms with Gasteiger partial charge in [-0.1, -0.05) is 13.3 Å². The standard InChI is InChI=1S/C18H26N4O2/c1-3-4-7-14-11-16-19-13(2)10-17(22(16)20-14)21-9-6-5-8-15(21)12-18(23)24/h10-11,15H,3-9,12H2,1-2H3,(H,23,24)/t15-/m1/s1. The molecule has 3 rings (SSSR count). The van der Waals surface area contributed by atoms with Crippen molar-refractivity contribution in [2.45, 2.75) is 64.8 Å². The number of aliphatic carboxylic acids is 1. The van der Waals surface area contributed by atoms with E-state index in [1.54, 1.807) is 0 Å². The first-order valence-electron chi connectivity index (χ1n) is 8.93. The highest BCUT2D eigenvalue weighted by Gasteiger charge is 2.27. The number of nitrogens with zero attached hydrogens (tertiary/aromatic N) is 4. The van der Waals surface area contributed by atoms with E-state index in [4.69, 9.17) is 5.10 Å². The van der Waals surface area contributed by atoms with Crippen molar-refractivity contribution in [3.8, 4) is 0 Å². The third kappa shape index (κ3) is 3.52. The van der Waals surface area contributed by atoms with E-state index in [2.05, 4.69) is 22.9 Å². The highest BCUT2D eigenvalue weighted by Crippen LogP contribution is 2.28. The van der Waals surface area contributed by atoms with E-state index in [9.17, 15) is 9.90 Å². The van der Waals surface area contributed by atoms with Crippen molar-refractivity contribution in [2.24, 2.45) is 0 Å². The van der Waals surface area contributed by atoms with E-state index in [0.717, 1.165) is 67.9 Å². The summed E-state index contributed by atoms with van der Waals surface area (Å²) in [5, 5.41) is 14.0. The first-order chi connectivity index (χ1) is 11.6. The maximum atomic E-state index is 11.2. The largest absolute Gasteiger partial charge is 0.481 e. The molecule has 0 saturated carbocycles. The van der Waals surface area contributed by atoms with Crippen molar-refractivity contribution in [1.82, 2.24) is 14.6 Å². The number of hydrogen-bond donors (Lipinski definition) is 1. The first-order valence-corrected chi connectivity index (χ1v) is 8.93. The Morgan fingerprint density at radius 1 is 1.38 bits per heavy atom. The normalized spacial score (nSPS) is 18.2. The molecular formula is C18H26N4O2. The summed E-state index contributed by atoms with van der Waals surface area (Å²) in [6, 6.07) is 4.12. The van der Waals surface area contributed by atoms with Crippen LogP contribution in [-0.2, 0) is 11.2 Å². The molecular weight excluding hydrogens is 304 g/mol. The zero-order valence-corrected chi connectivity index (χ0v) is 14.5. The molecule has 130 valence electrons. The zero-order chi connectivity index (χ0) is 17.1. The molecule has 6 heteroatoms. The highest BCUT2D eigenvalue weighted by atomic mass is 16.4. The van der Waals surface area contributed by atoms with Gasteiger partial charge >= 0.3 is 5.97 Å². The topological polar surface area (TPSA) is 70.7 Å².